The van der Waals surface area contributed by atoms with E-state index in [1.54, 1.807) is 0 Å². The quantitative estimate of drug-likeness (QED) is 0.0263. The summed E-state index contributed by atoms with van der Waals surface area (Å²) >= 11 is 0. The van der Waals surface area contributed by atoms with Gasteiger partial charge in [-0.05, 0) is 103 Å². The van der Waals surface area contributed by atoms with Crippen molar-refractivity contribution < 1.29 is 28.6 Å². The molecule has 0 aliphatic carbocycles. The van der Waals surface area contributed by atoms with Crippen molar-refractivity contribution in [1.29, 1.82) is 0 Å². The van der Waals surface area contributed by atoms with Crippen LogP contribution in [0.5, 0.6) is 0 Å². The average Bonchev–Trinajstić information content (AvgIpc) is 3.27. The molecule has 0 rings (SSSR count). The topological polar surface area (TPSA) is 78.9 Å². The molecule has 0 heterocycles. The van der Waals surface area contributed by atoms with Crippen LogP contribution in [0.15, 0.2) is 85.1 Å². The molecular formula is C56H94O6. The van der Waals surface area contributed by atoms with E-state index in [2.05, 4.69) is 93.7 Å². The fourth-order valence-electron chi connectivity index (χ4n) is 6.77. The van der Waals surface area contributed by atoms with E-state index in [4.69, 9.17) is 14.2 Å². The third-order valence-electron chi connectivity index (χ3n) is 10.6. The zero-order valence-electron chi connectivity index (χ0n) is 40.4. The molecular weight excluding hydrogens is 769 g/mol. The van der Waals surface area contributed by atoms with Gasteiger partial charge >= 0.3 is 17.9 Å². The number of hydrogen-bond donors (Lipinski definition) is 0. The predicted molar refractivity (Wildman–Crippen MR) is 265 cm³/mol. The number of hydrogen-bond acceptors (Lipinski definition) is 6. The summed E-state index contributed by atoms with van der Waals surface area (Å²) < 4.78 is 16.7. The molecule has 0 aromatic carbocycles. The van der Waals surface area contributed by atoms with Crippen LogP contribution in [0.2, 0.25) is 0 Å². The molecule has 6 heteroatoms. The Labute approximate surface area is 382 Å². The molecule has 0 spiro atoms. The van der Waals surface area contributed by atoms with Gasteiger partial charge in [0.05, 0.1) is 0 Å². The summed E-state index contributed by atoms with van der Waals surface area (Å²) in [5.74, 6) is -1.01. The molecule has 0 saturated heterocycles. The second-order valence-electron chi connectivity index (χ2n) is 16.7. The highest BCUT2D eigenvalue weighted by Crippen LogP contribution is 2.13. The highest BCUT2D eigenvalue weighted by molar-refractivity contribution is 5.71. The molecule has 0 N–H and O–H groups in total. The Hall–Kier alpha value is -3.41. The van der Waals surface area contributed by atoms with Crippen molar-refractivity contribution >= 4 is 17.9 Å². The van der Waals surface area contributed by atoms with E-state index in [9.17, 15) is 14.4 Å². The lowest BCUT2D eigenvalue weighted by Gasteiger charge is -2.18. The number of allylic oxidation sites excluding steroid dienone is 14. The first-order valence-electron chi connectivity index (χ1n) is 25.6. The first-order chi connectivity index (χ1) is 30.5. The molecule has 0 fully saturated rings. The van der Waals surface area contributed by atoms with Crippen LogP contribution in [0.1, 0.15) is 233 Å². The summed E-state index contributed by atoms with van der Waals surface area (Å²) in [5, 5.41) is 0. The van der Waals surface area contributed by atoms with Crippen LogP contribution < -0.4 is 0 Å². The molecule has 1 unspecified atom stereocenters. The van der Waals surface area contributed by atoms with E-state index in [0.29, 0.717) is 19.3 Å². The fraction of sp³-hybridized carbons (Fsp3) is 0.696. The molecule has 0 aliphatic heterocycles. The number of ether oxygens (including phenoxy) is 3. The minimum atomic E-state index is -0.813. The van der Waals surface area contributed by atoms with Crippen molar-refractivity contribution in [2.75, 3.05) is 13.2 Å². The molecule has 354 valence electrons. The maximum absolute atomic E-state index is 12.8. The molecule has 0 aliphatic rings. The van der Waals surface area contributed by atoms with E-state index < -0.39 is 6.10 Å². The van der Waals surface area contributed by atoms with E-state index in [1.807, 2.05) is 12.2 Å². The second kappa shape index (κ2) is 50.2. The molecule has 0 bridgehead atoms. The summed E-state index contributed by atoms with van der Waals surface area (Å²) in [5.41, 5.74) is 0. The smallest absolute Gasteiger partial charge is 0.306 e. The Bertz CT molecular complexity index is 1220. The standard InChI is InChI=1S/C56H94O6/c1-4-7-10-13-16-19-22-25-27-29-31-34-37-40-43-46-49-55(58)61-52-53(51-60-54(57)48-45-42-39-36-33-24-21-18-15-12-9-6-3)62-56(59)50-47-44-41-38-35-32-30-28-26-23-20-17-14-11-8-5-2/h7,10,16,18-19,21,25,27-28,30-31,34,40,43,53H,4-6,8-9,11-15,17,20,22-24,26,29,32-33,35-39,41-42,44-52H2,1-3H3/b10-7-,19-16-,21-18-,27-25-,30-28-,34-31-,43-40-. The van der Waals surface area contributed by atoms with Gasteiger partial charge in [0.1, 0.15) is 13.2 Å². The van der Waals surface area contributed by atoms with Gasteiger partial charge in [0.2, 0.25) is 0 Å². The highest BCUT2D eigenvalue weighted by Gasteiger charge is 2.19. The van der Waals surface area contributed by atoms with Crippen LogP contribution in [0, 0.1) is 0 Å². The van der Waals surface area contributed by atoms with Crippen molar-refractivity contribution in [3.05, 3.63) is 85.1 Å². The lowest BCUT2D eigenvalue weighted by atomic mass is 10.1. The molecule has 0 amide bonds. The largest absolute Gasteiger partial charge is 0.462 e. The van der Waals surface area contributed by atoms with Crippen LogP contribution in [0.3, 0.4) is 0 Å². The summed E-state index contributed by atoms with van der Waals surface area (Å²) in [6, 6.07) is 0. The minimum Gasteiger partial charge on any atom is -0.462 e. The Balaban J connectivity index is 4.51. The van der Waals surface area contributed by atoms with Gasteiger partial charge in [-0.25, -0.2) is 0 Å². The third kappa shape index (κ3) is 47.6. The summed E-state index contributed by atoms with van der Waals surface area (Å²) in [7, 11) is 0. The number of carbonyl (C=O) groups is 3. The molecule has 0 saturated carbocycles. The average molecular weight is 863 g/mol. The summed E-state index contributed by atoms with van der Waals surface area (Å²) in [4.78, 5) is 37.9. The molecule has 1 atom stereocenters. The highest BCUT2D eigenvalue weighted by atomic mass is 16.6. The van der Waals surface area contributed by atoms with Gasteiger partial charge in [-0.3, -0.25) is 14.4 Å². The maximum atomic E-state index is 12.8. The van der Waals surface area contributed by atoms with Gasteiger partial charge in [0, 0.05) is 19.3 Å². The van der Waals surface area contributed by atoms with E-state index in [0.717, 1.165) is 96.3 Å². The Morgan fingerprint density at radius 2 is 0.661 bits per heavy atom. The minimum absolute atomic E-state index is 0.107. The van der Waals surface area contributed by atoms with Crippen molar-refractivity contribution in [2.24, 2.45) is 0 Å². The number of rotatable bonds is 45. The SMILES string of the molecule is CC/C=C\C/C=C\C/C=C\C/C=C\C/C=C\CCC(=O)OCC(COC(=O)CCCCCCC/C=C\CCCCC)OC(=O)CCCCCCC/C=C\CCCCCCCCC. The fourth-order valence-corrected chi connectivity index (χ4v) is 6.77. The van der Waals surface area contributed by atoms with Crippen LogP contribution in [-0.2, 0) is 28.6 Å². The molecule has 0 aromatic rings. The van der Waals surface area contributed by atoms with Crippen LogP contribution in [-0.4, -0.2) is 37.2 Å². The lowest BCUT2D eigenvalue weighted by molar-refractivity contribution is -0.166. The zero-order valence-corrected chi connectivity index (χ0v) is 40.4. The second-order valence-corrected chi connectivity index (χ2v) is 16.7. The Morgan fingerprint density at radius 3 is 1.11 bits per heavy atom. The maximum Gasteiger partial charge on any atom is 0.306 e. The van der Waals surface area contributed by atoms with Gasteiger partial charge < -0.3 is 14.2 Å². The normalized spacial score (nSPS) is 12.8. The number of unbranched alkanes of at least 4 members (excludes halogenated alkanes) is 20. The van der Waals surface area contributed by atoms with E-state index in [1.165, 1.54) is 89.9 Å². The zero-order chi connectivity index (χ0) is 45.1. The molecule has 0 aromatic heterocycles. The Kier molecular flexibility index (Phi) is 47.5. The molecule has 6 nitrogen and oxygen atoms in total. The predicted octanol–water partition coefficient (Wildman–Crippen LogP) is 16.8. The monoisotopic (exact) mass is 863 g/mol. The molecule has 0 radical (unpaired) electrons. The van der Waals surface area contributed by atoms with Gasteiger partial charge in [-0.15, -0.1) is 0 Å². The van der Waals surface area contributed by atoms with Gasteiger partial charge in [-0.2, -0.15) is 0 Å². The number of carbonyl (C=O) groups excluding carboxylic acids is 3. The van der Waals surface area contributed by atoms with Crippen molar-refractivity contribution in [2.45, 2.75) is 239 Å². The summed E-state index contributed by atoms with van der Waals surface area (Å²) in [6.07, 6.45) is 64.3. The lowest BCUT2D eigenvalue weighted by Crippen LogP contribution is -2.30. The van der Waals surface area contributed by atoms with E-state index >= 15 is 0 Å². The van der Waals surface area contributed by atoms with Crippen LogP contribution in [0.4, 0.5) is 0 Å². The number of esters is 3. The summed E-state index contributed by atoms with van der Waals surface area (Å²) in [6.45, 7) is 6.41. The van der Waals surface area contributed by atoms with Gasteiger partial charge in [0.15, 0.2) is 6.10 Å². The van der Waals surface area contributed by atoms with Crippen LogP contribution in [0.25, 0.3) is 0 Å². The van der Waals surface area contributed by atoms with Crippen molar-refractivity contribution in [3.8, 4) is 0 Å². The van der Waals surface area contributed by atoms with Crippen molar-refractivity contribution in [3.63, 3.8) is 0 Å². The van der Waals surface area contributed by atoms with Crippen LogP contribution >= 0.6 is 0 Å². The Morgan fingerprint density at radius 1 is 0.339 bits per heavy atom. The van der Waals surface area contributed by atoms with E-state index in [-0.39, 0.29) is 37.5 Å². The van der Waals surface area contributed by atoms with Gasteiger partial charge in [0.25, 0.3) is 0 Å². The van der Waals surface area contributed by atoms with Gasteiger partial charge in [-0.1, -0.05) is 196 Å². The first kappa shape index (κ1) is 58.6. The molecule has 62 heavy (non-hydrogen) atoms. The van der Waals surface area contributed by atoms with Crippen molar-refractivity contribution in [1.82, 2.24) is 0 Å². The first-order valence-corrected chi connectivity index (χ1v) is 25.6. The third-order valence-corrected chi connectivity index (χ3v) is 10.6.